The Bertz CT molecular complexity index is 452. The molecule has 0 aromatic carbocycles. The fourth-order valence-electron chi connectivity index (χ4n) is 1.73. The summed E-state index contributed by atoms with van der Waals surface area (Å²) in [5.41, 5.74) is 7.31. The van der Waals surface area contributed by atoms with Gasteiger partial charge in [0, 0.05) is 22.7 Å². The number of nitrogen functional groups attached to an aromatic ring is 1. The lowest BCUT2D eigenvalue weighted by Gasteiger charge is -2.18. The van der Waals surface area contributed by atoms with Gasteiger partial charge in [-0.1, -0.05) is 0 Å². The Labute approximate surface area is 108 Å². The van der Waals surface area contributed by atoms with Crippen LogP contribution in [0.25, 0.3) is 0 Å². The third kappa shape index (κ3) is 2.04. The van der Waals surface area contributed by atoms with Gasteiger partial charge in [0.2, 0.25) is 5.91 Å². The lowest BCUT2D eigenvalue weighted by atomic mass is 10.3. The van der Waals surface area contributed by atoms with Gasteiger partial charge in [0.15, 0.2) is 0 Å². The Kier molecular flexibility index (Phi) is 3.12. The third-order valence-corrected chi connectivity index (χ3v) is 3.70. The quantitative estimate of drug-likeness (QED) is 0.777. The molecule has 4 nitrogen and oxygen atoms in total. The Balaban J connectivity index is 2.41. The molecule has 1 aliphatic heterocycles. The largest absolute Gasteiger partial charge is 0.382 e. The average molecular weight is 302 g/mol. The summed E-state index contributed by atoms with van der Waals surface area (Å²) in [6, 6.07) is 1.83. The molecule has 86 valence electrons. The number of amides is 1. The van der Waals surface area contributed by atoms with Crippen molar-refractivity contribution in [2.75, 3.05) is 17.2 Å². The molecule has 1 unspecified atom stereocenters. The molecule has 16 heavy (non-hydrogen) atoms. The van der Waals surface area contributed by atoms with Crippen molar-refractivity contribution >= 4 is 46.0 Å². The van der Waals surface area contributed by atoms with Crippen LogP contribution in [0.1, 0.15) is 12.1 Å². The minimum atomic E-state index is 0.0456. The number of nitrogens with zero attached hydrogens (tertiary/aromatic N) is 2. The van der Waals surface area contributed by atoms with Crippen LogP contribution >= 0.6 is 28.6 Å². The maximum atomic E-state index is 11.7. The van der Waals surface area contributed by atoms with E-state index in [4.69, 9.17) is 5.73 Å². The van der Waals surface area contributed by atoms with Crippen LogP contribution in [0.5, 0.6) is 0 Å². The summed E-state index contributed by atoms with van der Waals surface area (Å²) in [6.07, 6.45) is 0.452. The molecule has 0 radical (unpaired) electrons. The third-order valence-electron chi connectivity index (χ3n) is 2.56. The smallest absolute Gasteiger partial charge is 0.228 e. The van der Waals surface area contributed by atoms with E-state index in [1.54, 1.807) is 4.90 Å². The molecule has 2 heterocycles. The summed E-state index contributed by atoms with van der Waals surface area (Å²) in [7, 11) is 0. The first-order valence-corrected chi connectivity index (χ1v) is 6.21. The predicted molar refractivity (Wildman–Crippen MR) is 70.8 cm³/mol. The van der Waals surface area contributed by atoms with Crippen molar-refractivity contribution in [1.29, 1.82) is 0 Å². The molecule has 1 atom stereocenters. The van der Waals surface area contributed by atoms with Crippen LogP contribution in [0.15, 0.2) is 10.5 Å². The maximum Gasteiger partial charge on any atom is 0.228 e. The summed E-state index contributed by atoms with van der Waals surface area (Å²) in [5.74, 6) is 0.431. The van der Waals surface area contributed by atoms with Crippen molar-refractivity contribution in [1.82, 2.24) is 4.98 Å². The predicted octanol–water partition coefficient (Wildman–Crippen LogP) is 1.77. The number of nitrogens with two attached hydrogens (primary N) is 1. The summed E-state index contributed by atoms with van der Waals surface area (Å²) in [4.78, 5) is 17.5. The molecular weight excluding hydrogens is 290 g/mol. The van der Waals surface area contributed by atoms with E-state index in [2.05, 4.69) is 33.5 Å². The topological polar surface area (TPSA) is 59.2 Å². The highest BCUT2D eigenvalue weighted by molar-refractivity contribution is 9.10. The van der Waals surface area contributed by atoms with E-state index >= 15 is 0 Å². The van der Waals surface area contributed by atoms with Crippen molar-refractivity contribution in [3.05, 3.63) is 16.2 Å². The van der Waals surface area contributed by atoms with Crippen LogP contribution in [0.2, 0.25) is 0 Å². The Morgan fingerprint density at radius 1 is 1.69 bits per heavy atom. The summed E-state index contributed by atoms with van der Waals surface area (Å²) < 4.78 is 0.854. The molecule has 1 amide bonds. The SMILES string of the molecule is Cc1nc(N)c(N2CC(S)CC2=O)cc1Br. The average Bonchev–Trinajstić information content (AvgIpc) is 2.51. The van der Waals surface area contributed by atoms with Gasteiger partial charge >= 0.3 is 0 Å². The number of aromatic nitrogens is 1. The molecule has 1 fully saturated rings. The molecule has 6 heteroatoms. The standard InChI is InChI=1S/C10H12BrN3OS/c1-5-7(11)3-8(10(12)13-5)14-4-6(16)2-9(14)15/h3,6,16H,2,4H2,1H3,(H2,12,13). The van der Waals surface area contributed by atoms with Gasteiger partial charge in [0.1, 0.15) is 5.82 Å². The minimum absolute atomic E-state index is 0.0456. The lowest BCUT2D eigenvalue weighted by Crippen LogP contribution is -2.26. The van der Waals surface area contributed by atoms with Gasteiger partial charge in [-0.15, -0.1) is 0 Å². The second-order valence-corrected chi connectivity index (χ2v) is 5.41. The van der Waals surface area contributed by atoms with Gasteiger partial charge < -0.3 is 10.6 Å². The molecule has 1 aromatic rings. The molecular formula is C10H12BrN3OS. The van der Waals surface area contributed by atoms with E-state index in [9.17, 15) is 4.79 Å². The number of carbonyl (C=O) groups is 1. The number of thiol groups is 1. The van der Waals surface area contributed by atoms with Crippen molar-refractivity contribution in [3.63, 3.8) is 0 Å². The van der Waals surface area contributed by atoms with E-state index in [1.807, 2.05) is 13.0 Å². The molecule has 0 spiro atoms. The van der Waals surface area contributed by atoms with Gasteiger partial charge in [0.25, 0.3) is 0 Å². The van der Waals surface area contributed by atoms with E-state index in [-0.39, 0.29) is 11.2 Å². The van der Waals surface area contributed by atoms with Crippen molar-refractivity contribution in [2.24, 2.45) is 0 Å². The minimum Gasteiger partial charge on any atom is -0.382 e. The van der Waals surface area contributed by atoms with Crippen molar-refractivity contribution < 1.29 is 4.79 Å². The molecule has 1 saturated heterocycles. The first-order valence-electron chi connectivity index (χ1n) is 4.90. The van der Waals surface area contributed by atoms with E-state index in [0.29, 0.717) is 24.5 Å². The van der Waals surface area contributed by atoms with Gasteiger partial charge in [-0.05, 0) is 28.9 Å². The van der Waals surface area contributed by atoms with Crippen LogP contribution in [0.3, 0.4) is 0 Å². The number of hydrogen-bond acceptors (Lipinski definition) is 4. The molecule has 1 aromatic heterocycles. The summed E-state index contributed by atoms with van der Waals surface area (Å²) in [6.45, 7) is 2.45. The van der Waals surface area contributed by atoms with Gasteiger partial charge in [-0.3, -0.25) is 4.79 Å². The first kappa shape index (κ1) is 11.7. The van der Waals surface area contributed by atoms with Crippen LogP contribution in [-0.2, 0) is 4.79 Å². The van der Waals surface area contributed by atoms with Crippen LogP contribution < -0.4 is 10.6 Å². The van der Waals surface area contributed by atoms with Gasteiger partial charge in [-0.25, -0.2) is 4.98 Å². The second-order valence-electron chi connectivity index (χ2n) is 3.82. The van der Waals surface area contributed by atoms with E-state index in [0.717, 1.165) is 10.2 Å². The highest BCUT2D eigenvalue weighted by Crippen LogP contribution is 2.31. The highest BCUT2D eigenvalue weighted by atomic mass is 79.9. The van der Waals surface area contributed by atoms with Crippen LogP contribution in [-0.4, -0.2) is 22.7 Å². The number of carbonyl (C=O) groups excluding carboxylic acids is 1. The number of rotatable bonds is 1. The van der Waals surface area contributed by atoms with Crippen LogP contribution in [0.4, 0.5) is 11.5 Å². The summed E-state index contributed by atoms with van der Waals surface area (Å²) >= 11 is 7.69. The van der Waals surface area contributed by atoms with E-state index in [1.165, 1.54) is 0 Å². The highest BCUT2D eigenvalue weighted by Gasteiger charge is 2.30. The van der Waals surface area contributed by atoms with Crippen LogP contribution in [0, 0.1) is 6.92 Å². The molecule has 0 bridgehead atoms. The number of halogens is 1. The molecule has 2 N–H and O–H groups in total. The molecule has 1 aliphatic rings. The Morgan fingerprint density at radius 3 is 2.94 bits per heavy atom. The van der Waals surface area contributed by atoms with Crippen molar-refractivity contribution in [3.8, 4) is 0 Å². The molecule has 2 rings (SSSR count). The number of aryl methyl sites for hydroxylation is 1. The number of pyridine rings is 1. The monoisotopic (exact) mass is 301 g/mol. The second kappa shape index (κ2) is 4.25. The zero-order valence-electron chi connectivity index (χ0n) is 8.77. The zero-order chi connectivity index (χ0) is 11.9. The maximum absolute atomic E-state index is 11.7. The Morgan fingerprint density at radius 2 is 2.38 bits per heavy atom. The van der Waals surface area contributed by atoms with Gasteiger partial charge in [-0.2, -0.15) is 12.6 Å². The zero-order valence-corrected chi connectivity index (χ0v) is 11.3. The fourth-order valence-corrected chi connectivity index (χ4v) is 2.35. The number of hydrogen-bond donors (Lipinski definition) is 2. The fraction of sp³-hybridized carbons (Fsp3) is 0.400. The van der Waals surface area contributed by atoms with Crippen molar-refractivity contribution in [2.45, 2.75) is 18.6 Å². The first-order chi connectivity index (χ1) is 7.49. The molecule has 0 aliphatic carbocycles. The Hall–Kier alpha value is -0.750. The molecule has 0 saturated carbocycles. The van der Waals surface area contributed by atoms with E-state index < -0.39 is 0 Å². The normalized spacial score (nSPS) is 20.6. The summed E-state index contributed by atoms with van der Waals surface area (Å²) in [5, 5.41) is 0.0759. The lowest BCUT2D eigenvalue weighted by molar-refractivity contribution is -0.117. The van der Waals surface area contributed by atoms with Gasteiger partial charge in [0.05, 0.1) is 11.4 Å². The number of anilines is 2.